The lowest BCUT2D eigenvalue weighted by Gasteiger charge is -2.07. The molecule has 6 nitrogen and oxygen atoms in total. The molecule has 3 aromatic rings. The summed E-state index contributed by atoms with van der Waals surface area (Å²) in [6.07, 6.45) is 1.30. The molecule has 3 rings (SSSR count). The predicted molar refractivity (Wildman–Crippen MR) is 90.6 cm³/mol. The molecule has 0 bridgehead atoms. The zero-order valence-electron chi connectivity index (χ0n) is 13.2. The Morgan fingerprint density at radius 1 is 1.04 bits per heavy atom. The summed E-state index contributed by atoms with van der Waals surface area (Å²) in [6, 6.07) is 12.3. The van der Waals surface area contributed by atoms with Crippen LogP contribution in [0.3, 0.4) is 0 Å². The van der Waals surface area contributed by atoms with Crippen LogP contribution in [0, 0.1) is 5.82 Å². The number of rotatable bonds is 4. The number of nitrogens with zero attached hydrogens (tertiary/aromatic N) is 1. The van der Waals surface area contributed by atoms with Gasteiger partial charge in [-0.05, 0) is 42.5 Å². The molecule has 25 heavy (non-hydrogen) atoms. The minimum Gasteiger partial charge on any atom is -0.355 e. The van der Waals surface area contributed by atoms with Gasteiger partial charge in [0.2, 0.25) is 5.91 Å². The van der Waals surface area contributed by atoms with Gasteiger partial charge in [0.15, 0.2) is 5.76 Å². The predicted octanol–water partition coefficient (Wildman–Crippen LogP) is 3.69. The molecule has 2 aromatic carbocycles. The van der Waals surface area contributed by atoms with Crippen LogP contribution in [0.15, 0.2) is 59.3 Å². The van der Waals surface area contributed by atoms with Gasteiger partial charge in [-0.1, -0.05) is 11.2 Å². The molecule has 0 unspecified atom stereocenters. The normalized spacial score (nSPS) is 10.3. The number of hydrogen-bond donors (Lipinski definition) is 2. The van der Waals surface area contributed by atoms with Crippen LogP contribution in [-0.2, 0) is 4.79 Å². The Labute approximate surface area is 142 Å². The maximum absolute atomic E-state index is 13.0. The SMILES string of the molecule is CC(=O)Nc1cccc(NC(=O)c2cnoc2-c2ccc(F)cc2)c1. The molecule has 2 amide bonds. The van der Waals surface area contributed by atoms with Crippen molar-refractivity contribution in [1.82, 2.24) is 5.16 Å². The van der Waals surface area contributed by atoms with Crippen molar-refractivity contribution in [2.24, 2.45) is 0 Å². The van der Waals surface area contributed by atoms with E-state index in [1.807, 2.05) is 0 Å². The van der Waals surface area contributed by atoms with Crippen molar-refractivity contribution in [2.75, 3.05) is 10.6 Å². The van der Waals surface area contributed by atoms with Gasteiger partial charge >= 0.3 is 0 Å². The van der Waals surface area contributed by atoms with Crippen LogP contribution in [-0.4, -0.2) is 17.0 Å². The summed E-state index contributed by atoms with van der Waals surface area (Å²) in [4.78, 5) is 23.6. The first-order chi connectivity index (χ1) is 12.0. The van der Waals surface area contributed by atoms with Crippen LogP contribution in [0.5, 0.6) is 0 Å². The van der Waals surface area contributed by atoms with E-state index in [1.54, 1.807) is 24.3 Å². The van der Waals surface area contributed by atoms with Crippen LogP contribution in [0.1, 0.15) is 17.3 Å². The van der Waals surface area contributed by atoms with Crippen LogP contribution in [0.2, 0.25) is 0 Å². The first-order valence-corrected chi connectivity index (χ1v) is 7.42. The third-order valence-corrected chi connectivity index (χ3v) is 3.36. The van der Waals surface area contributed by atoms with E-state index >= 15 is 0 Å². The number of carbonyl (C=O) groups excluding carboxylic acids is 2. The Balaban J connectivity index is 1.82. The van der Waals surface area contributed by atoms with Gasteiger partial charge in [0.1, 0.15) is 11.4 Å². The quantitative estimate of drug-likeness (QED) is 0.759. The lowest BCUT2D eigenvalue weighted by atomic mass is 10.1. The molecule has 7 heteroatoms. The highest BCUT2D eigenvalue weighted by molar-refractivity contribution is 6.08. The minimum atomic E-state index is -0.430. The summed E-state index contributed by atoms with van der Waals surface area (Å²) in [7, 11) is 0. The zero-order valence-corrected chi connectivity index (χ0v) is 13.2. The smallest absolute Gasteiger partial charge is 0.261 e. The third-order valence-electron chi connectivity index (χ3n) is 3.36. The fourth-order valence-electron chi connectivity index (χ4n) is 2.29. The fraction of sp³-hybridized carbons (Fsp3) is 0.0556. The van der Waals surface area contributed by atoms with Crippen LogP contribution < -0.4 is 10.6 Å². The molecule has 0 spiro atoms. The van der Waals surface area contributed by atoms with Crippen LogP contribution in [0.4, 0.5) is 15.8 Å². The summed E-state index contributed by atoms with van der Waals surface area (Å²) in [5, 5.41) is 9.01. The van der Waals surface area contributed by atoms with E-state index in [-0.39, 0.29) is 23.0 Å². The number of hydrogen-bond acceptors (Lipinski definition) is 4. The molecule has 0 saturated heterocycles. The van der Waals surface area contributed by atoms with Gasteiger partial charge < -0.3 is 15.2 Å². The van der Waals surface area contributed by atoms with Crippen molar-refractivity contribution in [3.63, 3.8) is 0 Å². The number of anilines is 2. The Hall–Kier alpha value is -3.48. The number of carbonyl (C=O) groups is 2. The molecule has 0 atom stereocenters. The van der Waals surface area contributed by atoms with Gasteiger partial charge in [-0.15, -0.1) is 0 Å². The number of aromatic nitrogens is 1. The Morgan fingerprint density at radius 3 is 2.40 bits per heavy atom. The Bertz CT molecular complexity index is 919. The van der Waals surface area contributed by atoms with Crippen molar-refractivity contribution in [1.29, 1.82) is 0 Å². The van der Waals surface area contributed by atoms with Crippen molar-refractivity contribution in [3.8, 4) is 11.3 Å². The number of nitrogens with one attached hydrogen (secondary N) is 2. The van der Waals surface area contributed by atoms with Gasteiger partial charge in [0, 0.05) is 23.9 Å². The molecule has 1 heterocycles. The second kappa shape index (κ2) is 6.96. The lowest BCUT2D eigenvalue weighted by molar-refractivity contribution is -0.114. The highest BCUT2D eigenvalue weighted by Crippen LogP contribution is 2.25. The largest absolute Gasteiger partial charge is 0.355 e. The summed E-state index contributed by atoms with van der Waals surface area (Å²) in [5.74, 6) is -0.777. The molecule has 2 N–H and O–H groups in total. The average Bonchev–Trinajstić information content (AvgIpc) is 3.05. The molecule has 0 radical (unpaired) electrons. The first kappa shape index (κ1) is 16.4. The maximum Gasteiger partial charge on any atom is 0.261 e. The maximum atomic E-state index is 13.0. The third kappa shape index (κ3) is 3.89. The molecule has 1 aromatic heterocycles. The first-order valence-electron chi connectivity index (χ1n) is 7.42. The monoisotopic (exact) mass is 339 g/mol. The van der Waals surface area contributed by atoms with Crippen molar-refractivity contribution < 1.29 is 18.5 Å². The summed E-state index contributed by atoms with van der Waals surface area (Å²) in [6.45, 7) is 1.40. The highest BCUT2D eigenvalue weighted by atomic mass is 19.1. The Morgan fingerprint density at radius 2 is 1.72 bits per heavy atom. The van der Waals surface area contributed by atoms with Crippen molar-refractivity contribution in [3.05, 3.63) is 66.1 Å². The van der Waals surface area contributed by atoms with E-state index in [9.17, 15) is 14.0 Å². The molecule has 0 aliphatic rings. The van der Waals surface area contributed by atoms with E-state index in [4.69, 9.17) is 4.52 Å². The molecular formula is C18H14FN3O3. The zero-order chi connectivity index (χ0) is 17.8. The summed E-state index contributed by atoms with van der Waals surface area (Å²) >= 11 is 0. The molecule has 0 saturated carbocycles. The number of benzene rings is 2. The topological polar surface area (TPSA) is 84.2 Å². The highest BCUT2D eigenvalue weighted by Gasteiger charge is 2.18. The van der Waals surface area contributed by atoms with E-state index in [0.717, 1.165) is 0 Å². The summed E-state index contributed by atoms with van der Waals surface area (Å²) in [5.41, 5.74) is 1.82. The summed E-state index contributed by atoms with van der Waals surface area (Å²) < 4.78 is 18.2. The average molecular weight is 339 g/mol. The molecule has 0 aliphatic heterocycles. The van der Waals surface area contributed by atoms with Gasteiger partial charge in [-0.25, -0.2) is 4.39 Å². The van der Waals surface area contributed by atoms with Gasteiger partial charge in [0.25, 0.3) is 5.91 Å². The molecule has 0 fully saturated rings. The number of halogens is 1. The Kier molecular flexibility index (Phi) is 4.56. The number of amides is 2. The van der Waals surface area contributed by atoms with E-state index in [1.165, 1.54) is 37.4 Å². The minimum absolute atomic E-state index is 0.207. The van der Waals surface area contributed by atoms with Crippen molar-refractivity contribution >= 4 is 23.2 Å². The molecule has 126 valence electrons. The van der Waals surface area contributed by atoms with E-state index < -0.39 is 5.91 Å². The van der Waals surface area contributed by atoms with E-state index in [0.29, 0.717) is 16.9 Å². The van der Waals surface area contributed by atoms with E-state index in [2.05, 4.69) is 15.8 Å². The second-order valence-corrected chi connectivity index (χ2v) is 5.29. The van der Waals surface area contributed by atoms with Gasteiger partial charge in [0.05, 0.1) is 6.20 Å². The molecular weight excluding hydrogens is 325 g/mol. The standard InChI is InChI=1S/C18H14FN3O3/c1-11(23)21-14-3-2-4-15(9-14)22-18(24)16-10-20-25-17(16)12-5-7-13(19)8-6-12/h2-10H,1H3,(H,21,23)(H,22,24). The lowest BCUT2D eigenvalue weighted by Crippen LogP contribution is -2.12. The molecule has 0 aliphatic carbocycles. The van der Waals surface area contributed by atoms with Gasteiger partial charge in [-0.2, -0.15) is 0 Å². The van der Waals surface area contributed by atoms with Crippen molar-refractivity contribution in [2.45, 2.75) is 6.92 Å². The van der Waals surface area contributed by atoms with Crippen LogP contribution in [0.25, 0.3) is 11.3 Å². The fourth-order valence-corrected chi connectivity index (χ4v) is 2.29. The second-order valence-electron chi connectivity index (χ2n) is 5.29. The van der Waals surface area contributed by atoms with Gasteiger partial charge in [-0.3, -0.25) is 9.59 Å². The van der Waals surface area contributed by atoms with Crippen LogP contribution >= 0.6 is 0 Å².